The Bertz CT molecular complexity index is 796. The molecule has 1 fully saturated rings. The van der Waals surface area contributed by atoms with Crippen LogP contribution in [0.5, 0.6) is 0 Å². The summed E-state index contributed by atoms with van der Waals surface area (Å²) in [6.45, 7) is 6.91. The van der Waals surface area contributed by atoms with Gasteiger partial charge in [0, 0.05) is 56.0 Å². The molecule has 0 saturated carbocycles. The van der Waals surface area contributed by atoms with Crippen molar-refractivity contribution in [2.75, 3.05) is 26.7 Å². The number of carbonyl (C=O) groups is 1. The number of carbonyl (C=O) groups excluding carboxylic acids is 1. The molecule has 1 amide bonds. The number of fused-ring (bicyclic) bond motifs is 1. The average Bonchev–Trinajstić information content (AvgIpc) is 3.21. The van der Waals surface area contributed by atoms with Crippen molar-refractivity contribution in [3.63, 3.8) is 0 Å². The fraction of sp³-hybridized carbons (Fsp3) is 0.556. The Kier molecular flexibility index (Phi) is 4.03. The molecule has 0 radical (unpaired) electrons. The Balaban J connectivity index is 1.50. The molecule has 2 aliphatic heterocycles. The lowest BCUT2D eigenvalue weighted by molar-refractivity contribution is 0.0788. The third-order valence-electron chi connectivity index (χ3n) is 5.23. The van der Waals surface area contributed by atoms with Gasteiger partial charge in [-0.3, -0.25) is 4.79 Å². The van der Waals surface area contributed by atoms with Gasteiger partial charge < -0.3 is 14.3 Å². The highest BCUT2D eigenvalue weighted by molar-refractivity contribution is 5.96. The number of amides is 1. The average molecular weight is 341 g/mol. The first kappa shape index (κ1) is 16.2. The number of rotatable bonds is 2. The van der Waals surface area contributed by atoms with Gasteiger partial charge in [0.2, 0.25) is 0 Å². The minimum Gasteiger partial charge on any atom is -0.361 e. The second-order valence-corrected chi connectivity index (χ2v) is 7.12. The molecule has 132 valence electrons. The first-order chi connectivity index (χ1) is 12.0. The van der Waals surface area contributed by atoms with Crippen molar-refractivity contribution in [3.05, 3.63) is 40.3 Å². The van der Waals surface area contributed by atoms with Crippen LogP contribution in [-0.4, -0.2) is 57.5 Å². The van der Waals surface area contributed by atoms with E-state index >= 15 is 0 Å². The van der Waals surface area contributed by atoms with Crippen LogP contribution in [0.3, 0.4) is 0 Å². The van der Waals surface area contributed by atoms with Crippen LogP contribution in [0.2, 0.25) is 0 Å². The largest absolute Gasteiger partial charge is 0.361 e. The normalized spacial score (nSPS) is 20.8. The van der Waals surface area contributed by atoms with Crippen molar-refractivity contribution in [1.82, 2.24) is 24.9 Å². The summed E-state index contributed by atoms with van der Waals surface area (Å²) in [5, 5.41) is 3.89. The smallest absolute Gasteiger partial charge is 0.259 e. The first-order valence-corrected chi connectivity index (χ1v) is 8.78. The van der Waals surface area contributed by atoms with E-state index < -0.39 is 0 Å². The second kappa shape index (κ2) is 6.22. The zero-order valence-electron chi connectivity index (χ0n) is 14.9. The van der Waals surface area contributed by atoms with Crippen LogP contribution in [0, 0.1) is 13.8 Å². The SMILES string of the molecule is Cc1noc(C)c1C(=O)N1CC[C@H](c2ncc3c(n2)CCN(C)C3)C1. The molecule has 0 aromatic carbocycles. The van der Waals surface area contributed by atoms with E-state index in [0.717, 1.165) is 38.3 Å². The van der Waals surface area contributed by atoms with Gasteiger partial charge in [0.05, 0.1) is 5.69 Å². The number of likely N-dealkylation sites (tertiary alicyclic amines) is 1. The van der Waals surface area contributed by atoms with Crippen molar-refractivity contribution in [1.29, 1.82) is 0 Å². The lowest BCUT2D eigenvalue weighted by Crippen LogP contribution is -2.30. The summed E-state index contributed by atoms with van der Waals surface area (Å²) in [6.07, 6.45) is 3.83. The number of likely N-dealkylation sites (N-methyl/N-ethyl adjacent to an activating group) is 1. The number of aromatic nitrogens is 3. The van der Waals surface area contributed by atoms with Crippen LogP contribution >= 0.6 is 0 Å². The van der Waals surface area contributed by atoms with Crippen molar-refractivity contribution in [3.8, 4) is 0 Å². The van der Waals surface area contributed by atoms with Gasteiger partial charge in [-0.2, -0.15) is 0 Å². The summed E-state index contributed by atoms with van der Waals surface area (Å²) < 4.78 is 5.13. The van der Waals surface area contributed by atoms with E-state index in [-0.39, 0.29) is 11.8 Å². The zero-order valence-corrected chi connectivity index (χ0v) is 14.9. The van der Waals surface area contributed by atoms with Crippen molar-refractivity contribution in [2.45, 2.75) is 39.2 Å². The Morgan fingerprint density at radius 1 is 1.32 bits per heavy atom. The first-order valence-electron chi connectivity index (χ1n) is 8.78. The minimum absolute atomic E-state index is 0.00154. The highest BCUT2D eigenvalue weighted by Crippen LogP contribution is 2.28. The van der Waals surface area contributed by atoms with Gasteiger partial charge in [-0.05, 0) is 27.3 Å². The molecular weight excluding hydrogens is 318 g/mol. The molecule has 2 aliphatic rings. The molecular formula is C18H23N5O2. The Morgan fingerprint density at radius 2 is 2.16 bits per heavy atom. The molecule has 2 aromatic heterocycles. The van der Waals surface area contributed by atoms with Gasteiger partial charge in [-0.25, -0.2) is 9.97 Å². The molecule has 0 bridgehead atoms. The summed E-state index contributed by atoms with van der Waals surface area (Å²) in [5.41, 5.74) is 3.63. The number of hydrogen-bond donors (Lipinski definition) is 0. The highest BCUT2D eigenvalue weighted by Gasteiger charge is 2.32. The van der Waals surface area contributed by atoms with Gasteiger partial charge in [-0.1, -0.05) is 5.16 Å². The van der Waals surface area contributed by atoms with Crippen molar-refractivity contribution >= 4 is 5.91 Å². The topological polar surface area (TPSA) is 75.4 Å². The lowest BCUT2D eigenvalue weighted by Gasteiger charge is -2.24. The summed E-state index contributed by atoms with van der Waals surface area (Å²) in [6, 6.07) is 0. The van der Waals surface area contributed by atoms with Gasteiger partial charge >= 0.3 is 0 Å². The second-order valence-electron chi connectivity index (χ2n) is 7.12. The molecule has 4 heterocycles. The maximum Gasteiger partial charge on any atom is 0.259 e. The van der Waals surface area contributed by atoms with E-state index in [1.54, 1.807) is 13.8 Å². The zero-order chi connectivity index (χ0) is 17.6. The molecule has 7 heteroatoms. The van der Waals surface area contributed by atoms with E-state index in [0.29, 0.717) is 23.6 Å². The standard InChI is InChI=1S/C18H23N5O2/c1-11-16(12(2)25-21-11)18(24)23-7-4-13(10-23)17-19-8-14-9-22(3)6-5-15(14)20-17/h8,13H,4-7,9-10H2,1-3H3/t13-/m0/s1. The molecule has 4 rings (SSSR count). The predicted molar refractivity (Wildman–Crippen MR) is 91.3 cm³/mol. The molecule has 0 aliphatic carbocycles. The van der Waals surface area contributed by atoms with Gasteiger partial charge in [0.25, 0.3) is 5.91 Å². The fourth-order valence-corrected chi connectivity index (χ4v) is 3.77. The molecule has 0 unspecified atom stereocenters. The fourth-order valence-electron chi connectivity index (χ4n) is 3.77. The minimum atomic E-state index is -0.00154. The molecule has 0 spiro atoms. The maximum atomic E-state index is 12.8. The Hall–Kier alpha value is -2.28. The summed E-state index contributed by atoms with van der Waals surface area (Å²) in [5.74, 6) is 1.66. The van der Waals surface area contributed by atoms with Crippen LogP contribution in [0.25, 0.3) is 0 Å². The predicted octanol–water partition coefficient (Wildman–Crippen LogP) is 1.70. The molecule has 0 N–H and O–H groups in total. The van der Waals surface area contributed by atoms with Crippen molar-refractivity contribution < 1.29 is 9.32 Å². The molecule has 2 aromatic rings. The van der Waals surface area contributed by atoms with Gasteiger partial charge in [0.15, 0.2) is 0 Å². The van der Waals surface area contributed by atoms with Crippen LogP contribution in [0.15, 0.2) is 10.7 Å². The maximum absolute atomic E-state index is 12.8. The Labute approximate surface area is 147 Å². The molecule has 7 nitrogen and oxygen atoms in total. The quantitative estimate of drug-likeness (QED) is 0.828. The number of nitrogens with zero attached hydrogens (tertiary/aromatic N) is 5. The molecule has 25 heavy (non-hydrogen) atoms. The van der Waals surface area contributed by atoms with Crippen LogP contribution in [0.1, 0.15) is 51.2 Å². The molecule has 1 saturated heterocycles. The summed E-state index contributed by atoms with van der Waals surface area (Å²) in [4.78, 5) is 26.3. The van der Waals surface area contributed by atoms with Crippen LogP contribution in [-0.2, 0) is 13.0 Å². The van der Waals surface area contributed by atoms with E-state index in [2.05, 4.69) is 22.1 Å². The third-order valence-corrected chi connectivity index (χ3v) is 5.23. The number of hydrogen-bond acceptors (Lipinski definition) is 6. The monoisotopic (exact) mass is 341 g/mol. The molecule has 1 atom stereocenters. The van der Waals surface area contributed by atoms with Crippen LogP contribution < -0.4 is 0 Å². The highest BCUT2D eigenvalue weighted by atomic mass is 16.5. The summed E-state index contributed by atoms with van der Waals surface area (Å²) in [7, 11) is 2.12. The van der Waals surface area contributed by atoms with Crippen LogP contribution in [0.4, 0.5) is 0 Å². The van der Waals surface area contributed by atoms with Crippen molar-refractivity contribution in [2.24, 2.45) is 0 Å². The van der Waals surface area contributed by atoms with E-state index in [1.165, 1.54) is 11.3 Å². The van der Waals surface area contributed by atoms with Gasteiger partial charge in [-0.15, -0.1) is 0 Å². The van der Waals surface area contributed by atoms with E-state index in [1.807, 2.05) is 11.1 Å². The van der Waals surface area contributed by atoms with E-state index in [9.17, 15) is 4.79 Å². The number of aryl methyl sites for hydroxylation is 2. The van der Waals surface area contributed by atoms with Gasteiger partial charge in [0.1, 0.15) is 17.1 Å². The third kappa shape index (κ3) is 2.93. The van der Waals surface area contributed by atoms with E-state index in [4.69, 9.17) is 9.51 Å². The lowest BCUT2D eigenvalue weighted by atomic mass is 10.1. The Morgan fingerprint density at radius 3 is 2.92 bits per heavy atom. The summed E-state index contributed by atoms with van der Waals surface area (Å²) >= 11 is 0.